The van der Waals surface area contributed by atoms with Gasteiger partial charge in [-0.3, -0.25) is 0 Å². The number of carbonyl (C=O) groups excluding carboxylic acids is 1. The van der Waals surface area contributed by atoms with Crippen LogP contribution < -0.4 is 10.6 Å². The van der Waals surface area contributed by atoms with E-state index in [0.717, 1.165) is 25.9 Å². The van der Waals surface area contributed by atoms with Gasteiger partial charge in [-0.25, -0.2) is 9.59 Å². The van der Waals surface area contributed by atoms with Gasteiger partial charge in [0.1, 0.15) is 6.61 Å². The van der Waals surface area contributed by atoms with Gasteiger partial charge in [-0.2, -0.15) is 0 Å². The van der Waals surface area contributed by atoms with Crippen LogP contribution in [-0.2, 0) is 9.53 Å². The van der Waals surface area contributed by atoms with Crippen molar-refractivity contribution in [2.75, 3.05) is 39.9 Å². The first-order valence-electron chi connectivity index (χ1n) is 6.12. The Morgan fingerprint density at radius 3 is 2.72 bits per heavy atom. The van der Waals surface area contributed by atoms with E-state index >= 15 is 0 Å². The zero-order valence-electron chi connectivity index (χ0n) is 10.6. The number of hydrogen-bond acceptors (Lipinski definition) is 4. The predicted molar refractivity (Wildman–Crippen MR) is 65.5 cm³/mol. The summed E-state index contributed by atoms with van der Waals surface area (Å²) in [6.45, 7) is 2.06. The monoisotopic (exact) mass is 259 g/mol. The lowest BCUT2D eigenvalue weighted by atomic mass is 10.1. The summed E-state index contributed by atoms with van der Waals surface area (Å²) in [5, 5.41) is 14.3. The normalized spacial score (nSPS) is 16.3. The van der Waals surface area contributed by atoms with Crippen LogP contribution in [0.4, 0.5) is 4.79 Å². The number of carboxylic acids is 1. The molecular formula is C11H21N3O4. The molecule has 0 aliphatic carbocycles. The van der Waals surface area contributed by atoms with Crippen LogP contribution in [0.25, 0.3) is 0 Å². The molecule has 0 aromatic heterocycles. The van der Waals surface area contributed by atoms with Crippen LogP contribution in [-0.4, -0.2) is 67.9 Å². The first-order valence-corrected chi connectivity index (χ1v) is 6.12. The van der Waals surface area contributed by atoms with Gasteiger partial charge in [0.05, 0.1) is 6.61 Å². The second kappa shape index (κ2) is 7.88. The summed E-state index contributed by atoms with van der Waals surface area (Å²) in [4.78, 5) is 23.7. The zero-order chi connectivity index (χ0) is 13.4. The molecule has 1 aliphatic rings. The van der Waals surface area contributed by atoms with Crippen molar-refractivity contribution in [3.05, 3.63) is 0 Å². The fraction of sp³-hybridized carbons (Fsp3) is 0.818. The van der Waals surface area contributed by atoms with Gasteiger partial charge >= 0.3 is 12.0 Å². The summed E-state index contributed by atoms with van der Waals surface area (Å²) >= 11 is 0. The molecule has 0 aromatic rings. The van der Waals surface area contributed by atoms with Gasteiger partial charge in [0.25, 0.3) is 0 Å². The third-order valence-electron chi connectivity index (χ3n) is 2.92. The Bertz CT molecular complexity index is 279. The standard InChI is InChI=1S/C11H21N3O4/c1-14(9-2-4-12-5-3-9)11(17)13-6-7-18-8-10(15)16/h9,12H,2-8H2,1H3,(H,13,17)(H,15,16). The van der Waals surface area contributed by atoms with Crippen LogP contribution in [0.3, 0.4) is 0 Å². The maximum absolute atomic E-state index is 11.8. The Balaban J connectivity index is 2.13. The van der Waals surface area contributed by atoms with E-state index in [1.807, 2.05) is 0 Å². The molecule has 0 aromatic carbocycles. The number of nitrogens with zero attached hydrogens (tertiary/aromatic N) is 1. The average Bonchev–Trinajstić information content (AvgIpc) is 2.38. The fourth-order valence-electron chi connectivity index (χ4n) is 1.87. The Kier molecular flexibility index (Phi) is 6.45. The smallest absolute Gasteiger partial charge is 0.329 e. The quantitative estimate of drug-likeness (QED) is 0.558. The molecule has 0 radical (unpaired) electrons. The highest BCUT2D eigenvalue weighted by Crippen LogP contribution is 2.09. The molecule has 3 N–H and O–H groups in total. The molecule has 7 heteroatoms. The van der Waals surface area contributed by atoms with Crippen LogP contribution in [0.2, 0.25) is 0 Å². The molecule has 0 bridgehead atoms. The summed E-state index contributed by atoms with van der Waals surface area (Å²) in [6, 6.07) is 0.131. The molecule has 1 fully saturated rings. The fourth-order valence-corrected chi connectivity index (χ4v) is 1.87. The van der Waals surface area contributed by atoms with E-state index in [1.54, 1.807) is 11.9 Å². The van der Waals surface area contributed by atoms with E-state index in [-0.39, 0.29) is 25.3 Å². The summed E-state index contributed by atoms with van der Waals surface area (Å²) in [7, 11) is 1.78. The lowest BCUT2D eigenvalue weighted by molar-refractivity contribution is -0.142. The van der Waals surface area contributed by atoms with E-state index < -0.39 is 5.97 Å². The summed E-state index contributed by atoms with van der Waals surface area (Å²) in [5.74, 6) is -1.01. The van der Waals surface area contributed by atoms with Gasteiger partial charge in [0, 0.05) is 19.6 Å². The van der Waals surface area contributed by atoms with Crippen molar-refractivity contribution < 1.29 is 19.4 Å². The SMILES string of the molecule is CN(C(=O)NCCOCC(=O)O)C1CCNCC1. The molecule has 0 unspecified atom stereocenters. The van der Waals surface area contributed by atoms with Crippen molar-refractivity contribution in [3.63, 3.8) is 0 Å². The van der Waals surface area contributed by atoms with Crippen molar-refractivity contribution in [1.29, 1.82) is 0 Å². The number of hydrogen-bond donors (Lipinski definition) is 3. The van der Waals surface area contributed by atoms with Gasteiger partial charge in [0.2, 0.25) is 0 Å². The Morgan fingerprint density at radius 2 is 2.11 bits per heavy atom. The third-order valence-corrected chi connectivity index (χ3v) is 2.92. The van der Waals surface area contributed by atoms with Gasteiger partial charge in [-0.1, -0.05) is 0 Å². The lowest BCUT2D eigenvalue weighted by Crippen LogP contribution is -2.48. The first-order chi connectivity index (χ1) is 8.61. The largest absolute Gasteiger partial charge is 0.480 e. The maximum atomic E-state index is 11.8. The Hall–Kier alpha value is -1.34. The molecular weight excluding hydrogens is 238 g/mol. The molecule has 7 nitrogen and oxygen atoms in total. The zero-order valence-corrected chi connectivity index (χ0v) is 10.6. The van der Waals surface area contributed by atoms with Crippen molar-refractivity contribution in [2.24, 2.45) is 0 Å². The Labute approximate surface area is 106 Å². The molecule has 104 valence electrons. The number of carbonyl (C=O) groups is 2. The molecule has 1 heterocycles. The highest BCUT2D eigenvalue weighted by molar-refractivity contribution is 5.74. The van der Waals surface area contributed by atoms with E-state index in [2.05, 4.69) is 10.6 Å². The molecule has 2 amide bonds. The predicted octanol–water partition coefficient (Wildman–Crippen LogP) is -0.519. The summed E-state index contributed by atoms with van der Waals surface area (Å²) in [6.07, 6.45) is 1.92. The summed E-state index contributed by atoms with van der Waals surface area (Å²) < 4.78 is 4.83. The number of ether oxygens (including phenoxy) is 1. The van der Waals surface area contributed by atoms with Gasteiger partial charge in [0.15, 0.2) is 0 Å². The molecule has 1 aliphatic heterocycles. The van der Waals surface area contributed by atoms with Crippen molar-refractivity contribution in [2.45, 2.75) is 18.9 Å². The summed E-state index contributed by atoms with van der Waals surface area (Å²) in [5.41, 5.74) is 0. The van der Waals surface area contributed by atoms with E-state index in [4.69, 9.17) is 9.84 Å². The van der Waals surface area contributed by atoms with Gasteiger partial charge < -0.3 is 25.4 Å². The van der Waals surface area contributed by atoms with Crippen molar-refractivity contribution in [3.8, 4) is 0 Å². The first kappa shape index (κ1) is 14.7. The molecule has 0 spiro atoms. The molecule has 18 heavy (non-hydrogen) atoms. The molecule has 1 saturated heterocycles. The number of urea groups is 1. The second-order valence-electron chi connectivity index (χ2n) is 4.27. The van der Waals surface area contributed by atoms with Gasteiger partial charge in [-0.15, -0.1) is 0 Å². The van der Waals surface area contributed by atoms with E-state index in [0.29, 0.717) is 6.54 Å². The minimum Gasteiger partial charge on any atom is -0.480 e. The number of carboxylic acid groups (broad SMARTS) is 1. The van der Waals surface area contributed by atoms with Gasteiger partial charge in [-0.05, 0) is 25.9 Å². The number of aliphatic carboxylic acids is 1. The third kappa shape index (κ3) is 5.33. The highest BCUT2D eigenvalue weighted by Gasteiger charge is 2.21. The van der Waals surface area contributed by atoms with Crippen molar-refractivity contribution in [1.82, 2.24) is 15.5 Å². The maximum Gasteiger partial charge on any atom is 0.329 e. The second-order valence-corrected chi connectivity index (χ2v) is 4.27. The minimum absolute atomic E-state index is 0.138. The van der Waals surface area contributed by atoms with Crippen LogP contribution in [0.5, 0.6) is 0 Å². The van der Waals surface area contributed by atoms with Crippen molar-refractivity contribution >= 4 is 12.0 Å². The lowest BCUT2D eigenvalue weighted by Gasteiger charge is -2.31. The molecule has 1 rings (SSSR count). The number of nitrogens with one attached hydrogen (secondary N) is 2. The van der Waals surface area contributed by atoms with Crippen LogP contribution in [0.1, 0.15) is 12.8 Å². The van der Waals surface area contributed by atoms with E-state index in [9.17, 15) is 9.59 Å². The molecule has 0 saturated carbocycles. The number of rotatable bonds is 6. The highest BCUT2D eigenvalue weighted by atomic mass is 16.5. The van der Waals surface area contributed by atoms with Crippen LogP contribution in [0.15, 0.2) is 0 Å². The topological polar surface area (TPSA) is 90.9 Å². The van der Waals surface area contributed by atoms with Crippen LogP contribution >= 0.6 is 0 Å². The van der Waals surface area contributed by atoms with E-state index in [1.165, 1.54) is 0 Å². The molecule has 0 atom stereocenters. The Morgan fingerprint density at radius 1 is 1.44 bits per heavy atom. The average molecular weight is 259 g/mol. The van der Waals surface area contributed by atoms with Crippen LogP contribution in [0, 0.1) is 0 Å². The number of amides is 2. The number of piperidine rings is 1. The minimum atomic E-state index is -1.01.